The van der Waals surface area contributed by atoms with Gasteiger partial charge in [0.05, 0.1) is 41.3 Å². The maximum atomic E-state index is 13.0. The van der Waals surface area contributed by atoms with Crippen LogP contribution in [0.2, 0.25) is 0 Å². The first-order valence-electron chi connectivity index (χ1n) is 11.9. The van der Waals surface area contributed by atoms with Crippen molar-refractivity contribution in [2.24, 2.45) is 0 Å². The molecule has 8 nitrogen and oxygen atoms in total. The summed E-state index contributed by atoms with van der Waals surface area (Å²) in [5.74, 6) is -0.0492. The number of rotatable bonds is 9. The number of benzene rings is 3. The van der Waals surface area contributed by atoms with Crippen LogP contribution in [-0.2, 0) is 11.3 Å². The first-order chi connectivity index (χ1) is 17.4. The third-order valence-electron chi connectivity index (χ3n) is 5.94. The minimum atomic E-state index is -0.271. The molecular formula is C28H29N5O3. The predicted molar refractivity (Wildman–Crippen MR) is 141 cm³/mol. The van der Waals surface area contributed by atoms with E-state index in [1.165, 1.54) is 0 Å². The summed E-state index contributed by atoms with van der Waals surface area (Å²) < 4.78 is 0. The molecule has 184 valence electrons. The highest BCUT2D eigenvalue weighted by Gasteiger charge is 2.18. The number of carbonyl (C=O) groups excluding carboxylic acids is 2. The molecule has 3 N–H and O–H groups in total. The Hall–Kier alpha value is -4.30. The predicted octanol–water partition coefficient (Wildman–Crippen LogP) is 3.87. The first-order valence-corrected chi connectivity index (χ1v) is 11.9. The van der Waals surface area contributed by atoms with Gasteiger partial charge in [-0.3, -0.25) is 19.3 Å². The second-order valence-corrected chi connectivity index (χ2v) is 8.53. The number of anilines is 1. The molecule has 4 rings (SSSR count). The van der Waals surface area contributed by atoms with Crippen LogP contribution in [0.5, 0.6) is 0 Å². The van der Waals surface area contributed by atoms with Crippen molar-refractivity contribution >= 4 is 28.4 Å². The van der Waals surface area contributed by atoms with Gasteiger partial charge in [-0.05, 0) is 43.3 Å². The Morgan fingerprint density at radius 2 is 1.67 bits per heavy atom. The van der Waals surface area contributed by atoms with Crippen LogP contribution in [0.3, 0.4) is 0 Å². The number of aromatic amines is 1. The van der Waals surface area contributed by atoms with Crippen LogP contribution in [-0.4, -0.2) is 39.8 Å². The molecular weight excluding hydrogens is 454 g/mol. The third-order valence-corrected chi connectivity index (χ3v) is 5.94. The monoisotopic (exact) mass is 483 g/mol. The SMILES string of the molecule is CCN(CC(=O)Nc1ccccc1C(=O)NC(C)c1ccccc1)Cc1nc2ccccc2c(=O)[nH]1. The van der Waals surface area contributed by atoms with Crippen LogP contribution in [0.4, 0.5) is 5.69 Å². The molecule has 0 saturated carbocycles. The van der Waals surface area contributed by atoms with E-state index in [0.717, 1.165) is 5.56 Å². The van der Waals surface area contributed by atoms with Crippen molar-refractivity contribution in [3.63, 3.8) is 0 Å². The Morgan fingerprint density at radius 3 is 2.44 bits per heavy atom. The average molecular weight is 484 g/mol. The van der Waals surface area contributed by atoms with Crippen molar-refractivity contribution in [1.82, 2.24) is 20.2 Å². The number of likely N-dealkylation sites (N-methyl/N-ethyl adjacent to an activating group) is 1. The molecule has 0 aliphatic carbocycles. The lowest BCUT2D eigenvalue weighted by atomic mass is 10.1. The molecule has 0 aliphatic heterocycles. The summed E-state index contributed by atoms with van der Waals surface area (Å²) in [5.41, 5.74) is 2.22. The van der Waals surface area contributed by atoms with Crippen LogP contribution in [0.25, 0.3) is 10.9 Å². The fourth-order valence-electron chi connectivity index (χ4n) is 3.98. The fourth-order valence-corrected chi connectivity index (χ4v) is 3.98. The molecule has 36 heavy (non-hydrogen) atoms. The topological polar surface area (TPSA) is 107 Å². The third kappa shape index (κ3) is 6.03. The number of aromatic nitrogens is 2. The summed E-state index contributed by atoms with van der Waals surface area (Å²) in [4.78, 5) is 47.4. The van der Waals surface area contributed by atoms with E-state index in [1.54, 1.807) is 42.5 Å². The average Bonchev–Trinajstić information content (AvgIpc) is 2.89. The maximum Gasteiger partial charge on any atom is 0.258 e. The molecule has 0 radical (unpaired) electrons. The van der Waals surface area contributed by atoms with E-state index in [-0.39, 0.29) is 30.0 Å². The van der Waals surface area contributed by atoms with E-state index in [9.17, 15) is 14.4 Å². The lowest BCUT2D eigenvalue weighted by Gasteiger charge is -2.20. The van der Waals surface area contributed by atoms with Crippen LogP contribution >= 0.6 is 0 Å². The van der Waals surface area contributed by atoms with Gasteiger partial charge in [0.15, 0.2) is 0 Å². The Kier molecular flexibility index (Phi) is 7.87. The van der Waals surface area contributed by atoms with Crippen molar-refractivity contribution in [3.8, 4) is 0 Å². The normalized spacial score (nSPS) is 11.9. The number of H-pyrrole nitrogens is 1. The van der Waals surface area contributed by atoms with Crippen molar-refractivity contribution in [1.29, 1.82) is 0 Å². The molecule has 1 unspecified atom stereocenters. The second-order valence-electron chi connectivity index (χ2n) is 8.53. The van der Waals surface area contributed by atoms with E-state index in [1.807, 2.05) is 55.1 Å². The number of nitrogens with one attached hydrogen (secondary N) is 3. The number of hydrogen-bond donors (Lipinski definition) is 3. The summed E-state index contributed by atoms with van der Waals surface area (Å²) >= 11 is 0. The first kappa shape index (κ1) is 24.8. The number of fused-ring (bicyclic) bond motifs is 1. The van der Waals surface area contributed by atoms with Gasteiger partial charge in [0.2, 0.25) is 5.91 Å². The van der Waals surface area contributed by atoms with E-state index in [0.29, 0.717) is 41.1 Å². The van der Waals surface area contributed by atoms with Gasteiger partial charge in [-0.25, -0.2) is 4.98 Å². The van der Waals surface area contributed by atoms with Crippen molar-refractivity contribution in [2.75, 3.05) is 18.4 Å². The van der Waals surface area contributed by atoms with Gasteiger partial charge in [0, 0.05) is 0 Å². The van der Waals surface area contributed by atoms with Gasteiger partial charge in [-0.2, -0.15) is 0 Å². The minimum Gasteiger partial charge on any atom is -0.345 e. The zero-order valence-electron chi connectivity index (χ0n) is 20.3. The molecule has 1 heterocycles. The van der Waals surface area contributed by atoms with Gasteiger partial charge in [-0.15, -0.1) is 0 Å². The molecule has 0 saturated heterocycles. The standard InChI is InChI=1S/C28H29N5O3/c1-3-33(17-25-30-23-15-9-7-13-21(23)28(36)32-25)18-26(34)31-24-16-10-8-14-22(24)27(35)29-19(2)20-11-5-4-6-12-20/h4-16,19H,3,17-18H2,1-2H3,(H,29,35)(H,31,34)(H,30,32,36). The molecule has 0 bridgehead atoms. The smallest absolute Gasteiger partial charge is 0.258 e. The van der Waals surface area contributed by atoms with Crippen LogP contribution in [0.1, 0.15) is 41.6 Å². The lowest BCUT2D eigenvalue weighted by molar-refractivity contribution is -0.117. The van der Waals surface area contributed by atoms with Crippen molar-refractivity contribution in [2.45, 2.75) is 26.4 Å². The Labute approximate surface area is 209 Å². The molecule has 4 aromatic rings. The molecule has 0 fully saturated rings. The Bertz CT molecular complexity index is 1420. The van der Waals surface area contributed by atoms with Gasteiger partial charge < -0.3 is 15.6 Å². The van der Waals surface area contributed by atoms with Crippen LogP contribution in [0, 0.1) is 0 Å². The van der Waals surface area contributed by atoms with E-state index >= 15 is 0 Å². The van der Waals surface area contributed by atoms with Gasteiger partial charge in [0.1, 0.15) is 5.82 Å². The molecule has 1 aromatic heterocycles. The zero-order valence-corrected chi connectivity index (χ0v) is 20.3. The summed E-state index contributed by atoms with van der Waals surface area (Å²) in [6.07, 6.45) is 0. The zero-order chi connectivity index (χ0) is 25.5. The quantitative estimate of drug-likeness (QED) is 0.335. The Morgan fingerprint density at radius 1 is 0.972 bits per heavy atom. The summed E-state index contributed by atoms with van der Waals surface area (Å²) in [6.45, 7) is 4.79. The maximum absolute atomic E-state index is 13.0. The molecule has 0 aliphatic rings. The fraction of sp³-hybridized carbons (Fsp3) is 0.214. The van der Waals surface area contributed by atoms with E-state index in [4.69, 9.17) is 0 Å². The molecule has 1 atom stereocenters. The van der Waals surface area contributed by atoms with E-state index in [2.05, 4.69) is 20.6 Å². The lowest BCUT2D eigenvalue weighted by Crippen LogP contribution is -2.34. The summed E-state index contributed by atoms with van der Waals surface area (Å²) in [6, 6.07) is 23.6. The van der Waals surface area contributed by atoms with Crippen molar-refractivity contribution in [3.05, 3.63) is 106 Å². The van der Waals surface area contributed by atoms with Crippen LogP contribution < -0.4 is 16.2 Å². The number of carbonyl (C=O) groups is 2. The second kappa shape index (κ2) is 11.4. The Balaban J connectivity index is 1.42. The minimum absolute atomic E-state index is 0.0728. The van der Waals surface area contributed by atoms with Gasteiger partial charge in [-0.1, -0.05) is 61.5 Å². The highest BCUT2D eigenvalue weighted by Crippen LogP contribution is 2.18. The molecule has 0 spiro atoms. The summed E-state index contributed by atoms with van der Waals surface area (Å²) in [5, 5.41) is 6.38. The molecule has 8 heteroatoms. The van der Waals surface area contributed by atoms with Crippen LogP contribution in [0.15, 0.2) is 83.7 Å². The largest absolute Gasteiger partial charge is 0.345 e. The van der Waals surface area contributed by atoms with E-state index < -0.39 is 0 Å². The number of para-hydroxylation sites is 2. The summed E-state index contributed by atoms with van der Waals surface area (Å²) in [7, 11) is 0. The molecule has 3 aromatic carbocycles. The van der Waals surface area contributed by atoms with Crippen molar-refractivity contribution < 1.29 is 9.59 Å². The number of nitrogens with zero attached hydrogens (tertiary/aromatic N) is 2. The van der Waals surface area contributed by atoms with Gasteiger partial charge >= 0.3 is 0 Å². The number of amides is 2. The highest BCUT2D eigenvalue weighted by atomic mass is 16.2. The number of hydrogen-bond acceptors (Lipinski definition) is 5. The van der Waals surface area contributed by atoms with Gasteiger partial charge in [0.25, 0.3) is 11.5 Å². The molecule has 2 amide bonds. The highest BCUT2D eigenvalue weighted by molar-refractivity contribution is 6.04.